The number of aromatic hydroxyl groups is 1. The van der Waals surface area contributed by atoms with Crippen molar-refractivity contribution < 1.29 is 14.6 Å². The number of ether oxygens (including phenoxy) is 1. The summed E-state index contributed by atoms with van der Waals surface area (Å²) in [7, 11) is 0. The molecule has 1 aromatic rings. The molecule has 0 radical (unpaired) electrons. The summed E-state index contributed by atoms with van der Waals surface area (Å²) in [5.74, 6) is 2.29. The van der Waals surface area contributed by atoms with Crippen molar-refractivity contribution in [2.24, 2.45) is 11.3 Å². The normalized spacial score (nSPS) is 17.2. The number of benzene rings is 1. The quantitative estimate of drug-likeness (QED) is 0.439. The molecule has 0 bridgehead atoms. The lowest BCUT2D eigenvalue weighted by atomic mass is 9.72. The smallest absolute Gasteiger partial charge is 0.168 e. The van der Waals surface area contributed by atoms with E-state index in [1.54, 1.807) is 24.3 Å². The van der Waals surface area contributed by atoms with Crippen LogP contribution < -0.4 is 4.74 Å². The van der Waals surface area contributed by atoms with Gasteiger partial charge in [-0.05, 0) is 81.0 Å². The van der Waals surface area contributed by atoms with Crippen LogP contribution in [0.1, 0.15) is 59.8 Å². The Balaban J connectivity index is 2.09. The maximum Gasteiger partial charge on any atom is 0.168 e. The largest absolute Gasteiger partial charge is 0.508 e. The maximum absolute atomic E-state index is 13.4. The summed E-state index contributed by atoms with van der Waals surface area (Å²) in [6.45, 7) is 8.46. The summed E-state index contributed by atoms with van der Waals surface area (Å²) in [6, 6.07) is 6.62. The highest BCUT2D eigenvalue weighted by Crippen LogP contribution is 2.36. The number of phenols is 1. The lowest BCUT2D eigenvalue weighted by Crippen LogP contribution is -2.30. The number of rotatable bonds is 10. The van der Waals surface area contributed by atoms with Crippen LogP contribution in [-0.2, 0) is 4.79 Å². The van der Waals surface area contributed by atoms with Gasteiger partial charge in [0.25, 0.3) is 0 Å². The first-order chi connectivity index (χ1) is 13.9. The zero-order valence-electron chi connectivity index (χ0n) is 18.2. The van der Waals surface area contributed by atoms with Crippen molar-refractivity contribution in [3.8, 4) is 11.5 Å². The Morgan fingerprint density at radius 1 is 1.21 bits per heavy atom. The van der Waals surface area contributed by atoms with Gasteiger partial charge in [0, 0.05) is 11.0 Å². The standard InChI is InChI=1S/C26H34O3/c1-5-8-10-20(6-2)19-26(4,7-3)25(28)21-11-9-12-23(16-13-21)29-24-17-14-22(27)15-18-24/h5,8,11-18,20,27H,6-7,9-10,19H2,1-4H3. The molecule has 0 amide bonds. The SMILES string of the molecule is CC=CCC(CC)CC(C)(CC)C(=O)C1=CCC=C(Oc2ccc(O)cc2)C=C1. The minimum absolute atomic E-state index is 0.205. The van der Waals surface area contributed by atoms with Gasteiger partial charge < -0.3 is 9.84 Å². The Hall–Kier alpha value is -2.55. The van der Waals surface area contributed by atoms with Crippen LogP contribution in [-0.4, -0.2) is 10.9 Å². The monoisotopic (exact) mass is 394 g/mol. The molecule has 2 atom stereocenters. The Bertz CT molecular complexity index is 796. The van der Waals surface area contributed by atoms with Gasteiger partial charge in [0.1, 0.15) is 17.3 Å². The predicted octanol–water partition coefficient (Wildman–Crippen LogP) is 6.91. The lowest BCUT2D eigenvalue weighted by Gasteiger charge is -2.31. The van der Waals surface area contributed by atoms with Gasteiger partial charge in [0.15, 0.2) is 5.78 Å². The average molecular weight is 395 g/mol. The van der Waals surface area contributed by atoms with E-state index >= 15 is 0 Å². The van der Waals surface area contributed by atoms with Crippen molar-refractivity contribution in [2.45, 2.75) is 59.8 Å². The Labute approximate surface area is 175 Å². The van der Waals surface area contributed by atoms with Gasteiger partial charge in [-0.2, -0.15) is 0 Å². The molecule has 2 rings (SSSR count). The first-order valence-corrected chi connectivity index (χ1v) is 10.6. The van der Waals surface area contributed by atoms with Crippen LogP contribution >= 0.6 is 0 Å². The second-order valence-corrected chi connectivity index (χ2v) is 7.96. The molecule has 0 aliphatic heterocycles. The fraction of sp³-hybridized carbons (Fsp3) is 0.423. The van der Waals surface area contributed by atoms with E-state index < -0.39 is 0 Å². The minimum atomic E-state index is -0.360. The third kappa shape index (κ3) is 6.49. The maximum atomic E-state index is 13.4. The zero-order valence-corrected chi connectivity index (χ0v) is 18.2. The molecule has 2 unspecified atom stereocenters. The number of ketones is 1. The number of carbonyl (C=O) groups is 1. The molecule has 0 saturated heterocycles. The highest BCUT2D eigenvalue weighted by Gasteiger charge is 2.34. The molecule has 1 aliphatic carbocycles. The second kappa shape index (κ2) is 10.8. The minimum Gasteiger partial charge on any atom is -0.508 e. The van der Waals surface area contributed by atoms with Crippen molar-refractivity contribution in [1.82, 2.24) is 0 Å². The molecule has 29 heavy (non-hydrogen) atoms. The van der Waals surface area contributed by atoms with E-state index in [-0.39, 0.29) is 16.9 Å². The third-order valence-electron chi connectivity index (χ3n) is 5.77. The topological polar surface area (TPSA) is 46.5 Å². The molecule has 0 spiro atoms. The van der Waals surface area contributed by atoms with E-state index in [1.807, 2.05) is 31.2 Å². The molecule has 1 N–H and O–H groups in total. The summed E-state index contributed by atoms with van der Waals surface area (Å²) in [5, 5.41) is 9.40. The van der Waals surface area contributed by atoms with Crippen molar-refractivity contribution in [2.75, 3.05) is 0 Å². The van der Waals surface area contributed by atoms with Crippen molar-refractivity contribution in [3.63, 3.8) is 0 Å². The molecule has 3 nitrogen and oxygen atoms in total. The van der Waals surface area contributed by atoms with Crippen molar-refractivity contribution >= 4 is 5.78 Å². The predicted molar refractivity (Wildman–Crippen MR) is 120 cm³/mol. The van der Waals surface area contributed by atoms with E-state index in [0.29, 0.717) is 23.8 Å². The van der Waals surface area contributed by atoms with E-state index in [0.717, 1.165) is 31.3 Å². The molecule has 0 aromatic heterocycles. The van der Waals surface area contributed by atoms with E-state index in [2.05, 4.69) is 32.9 Å². The number of allylic oxidation sites excluding steroid dienone is 7. The molecule has 3 heteroatoms. The first-order valence-electron chi connectivity index (χ1n) is 10.6. The summed E-state index contributed by atoms with van der Waals surface area (Å²) < 4.78 is 5.87. The van der Waals surface area contributed by atoms with Gasteiger partial charge in [-0.25, -0.2) is 0 Å². The first kappa shape index (κ1) is 22.7. The van der Waals surface area contributed by atoms with Gasteiger partial charge in [0.2, 0.25) is 0 Å². The summed E-state index contributed by atoms with van der Waals surface area (Å²) in [6.07, 6.45) is 16.5. The van der Waals surface area contributed by atoms with Crippen LogP contribution in [0.5, 0.6) is 11.5 Å². The molecule has 0 heterocycles. The summed E-state index contributed by atoms with van der Waals surface area (Å²) in [4.78, 5) is 13.4. The summed E-state index contributed by atoms with van der Waals surface area (Å²) in [5.41, 5.74) is 0.400. The number of hydrogen-bond donors (Lipinski definition) is 1. The summed E-state index contributed by atoms with van der Waals surface area (Å²) >= 11 is 0. The van der Waals surface area contributed by atoms with Gasteiger partial charge in [0.05, 0.1) is 0 Å². The molecule has 1 aromatic carbocycles. The fourth-order valence-corrected chi connectivity index (χ4v) is 3.61. The van der Waals surface area contributed by atoms with Crippen LogP contribution in [0.3, 0.4) is 0 Å². The number of hydrogen-bond acceptors (Lipinski definition) is 3. The van der Waals surface area contributed by atoms with Crippen LogP contribution in [0.25, 0.3) is 0 Å². The fourth-order valence-electron chi connectivity index (χ4n) is 3.61. The van der Waals surface area contributed by atoms with Gasteiger partial charge in [-0.15, -0.1) is 0 Å². The van der Waals surface area contributed by atoms with E-state index in [1.165, 1.54) is 0 Å². The van der Waals surface area contributed by atoms with Crippen LogP contribution in [0.4, 0.5) is 0 Å². The van der Waals surface area contributed by atoms with E-state index in [4.69, 9.17) is 4.74 Å². The highest BCUT2D eigenvalue weighted by atomic mass is 16.5. The zero-order chi connectivity index (χ0) is 21.3. The number of carbonyl (C=O) groups excluding carboxylic acids is 1. The van der Waals surface area contributed by atoms with E-state index in [9.17, 15) is 9.90 Å². The lowest BCUT2D eigenvalue weighted by molar-refractivity contribution is -0.124. The van der Waals surface area contributed by atoms with Crippen molar-refractivity contribution in [1.29, 1.82) is 0 Å². The third-order valence-corrected chi connectivity index (χ3v) is 5.77. The van der Waals surface area contributed by atoms with Gasteiger partial charge in [-0.3, -0.25) is 4.79 Å². The van der Waals surface area contributed by atoms with Gasteiger partial charge >= 0.3 is 0 Å². The molecule has 0 fully saturated rings. The Kier molecular flexibility index (Phi) is 8.50. The molecular formula is C26H34O3. The molecular weight excluding hydrogens is 360 g/mol. The number of Topliss-reactive ketones (excluding diaryl/α,β-unsaturated/α-hetero) is 1. The Morgan fingerprint density at radius 3 is 2.55 bits per heavy atom. The molecule has 156 valence electrons. The highest BCUT2D eigenvalue weighted by molar-refractivity contribution is 6.02. The Morgan fingerprint density at radius 2 is 1.93 bits per heavy atom. The average Bonchev–Trinajstić information content (AvgIpc) is 2.97. The van der Waals surface area contributed by atoms with Gasteiger partial charge in [-0.1, -0.05) is 45.4 Å². The molecule has 1 aliphatic rings. The number of phenolic OH excluding ortho intramolecular Hbond substituents is 1. The van der Waals surface area contributed by atoms with Crippen LogP contribution in [0, 0.1) is 11.3 Å². The van der Waals surface area contributed by atoms with Crippen LogP contribution in [0.15, 0.2) is 72.1 Å². The van der Waals surface area contributed by atoms with Crippen LogP contribution in [0.2, 0.25) is 0 Å². The second-order valence-electron chi connectivity index (χ2n) is 7.96. The van der Waals surface area contributed by atoms with Crippen molar-refractivity contribution in [3.05, 3.63) is 72.1 Å². The molecule has 0 saturated carbocycles.